The number of thiazole rings is 1. The maximum Gasteiger partial charge on any atom is 0.410 e. The van der Waals surface area contributed by atoms with Crippen molar-refractivity contribution in [2.45, 2.75) is 44.8 Å². The van der Waals surface area contributed by atoms with E-state index in [1.165, 1.54) is 29.7 Å². The zero-order chi connectivity index (χ0) is 23.2. The predicted molar refractivity (Wildman–Crippen MR) is 123 cm³/mol. The lowest BCUT2D eigenvalue weighted by Gasteiger charge is -2.27. The molecule has 10 heteroatoms. The normalized spacial score (nSPS) is 11.8. The summed E-state index contributed by atoms with van der Waals surface area (Å²) in [5, 5.41) is 2.78. The van der Waals surface area contributed by atoms with Crippen molar-refractivity contribution in [3.05, 3.63) is 35.3 Å². The average molecular weight is 470 g/mol. The minimum atomic E-state index is -3.23. The lowest BCUT2D eigenvalue weighted by molar-refractivity contribution is 0.0303. The molecular formula is C21H31N3O5S2. The number of likely N-dealkylation sites (N-methyl/N-ethyl adjacent to an activating group) is 2. The molecule has 0 unspecified atom stereocenters. The monoisotopic (exact) mass is 469 g/mol. The number of nitrogens with zero attached hydrogens (tertiary/aromatic N) is 3. The van der Waals surface area contributed by atoms with E-state index in [9.17, 15) is 13.2 Å². The van der Waals surface area contributed by atoms with Gasteiger partial charge in [-0.15, -0.1) is 11.3 Å². The fourth-order valence-corrected chi connectivity index (χ4v) is 4.07. The smallest absolute Gasteiger partial charge is 0.410 e. The van der Waals surface area contributed by atoms with E-state index in [-0.39, 0.29) is 17.6 Å². The molecule has 0 fully saturated rings. The van der Waals surface area contributed by atoms with Gasteiger partial charge in [0.1, 0.15) is 18.0 Å². The van der Waals surface area contributed by atoms with Gasteiger partial charge in [-0.2, -0.15) is 0 Å². The molecule has 1 aromatic heterocycles. The van der Waals surface area contributed by atoms with E-state index in [0.717, 1.165) is 17.4 Å². The molecule has 0 N–H and O–H groups in total. The average Bonchev–Trinajstić information content (AvgIpc) is 3.14. The van der Waals surface area contributed by atoms with Gasteiger partial charge in [0, 0.05) is 38.3 Å². The van der Waals surface area contributed by atoms with Crippen molar-refractivity contribution in [3.8, 4) is 5.75 Å². The number of aromatic nitrogens is 1. The standard InChI is InChI=1S/C21H31N3O5S2/c1-7-24(13-12-23(5)20(25)29-21(2,3)4)19-22-16(15-30-19)14-28-17-8-10-18(11-9-17)31(6,26)27/h8-11,15H,7,12-14H2,1-6H3. The van der Waals surface area contributed by atoms with Crippen molar-refractivity contribution < 1.29 is 22.7 Å². The van der Waals surface area contributed by atoms with Crippen LogP contribution < -0.4 is 9.64 Å². The molecule has 1 aromatic carbocycles. The van der Waals surface area contributed by atoms with Gasteiger partial charge >= 0.3 is 6.09 Å². The Kier molecular flexibility index (Phi) is 8.30. The van der Waals surface area contributed by atoms with Crippen LogP contribution in [0.2, 0.25) is 0 Å². The van der Waals surface area contributed by atoms with E-state index >= 15 is 0 Å². The number of hydrogen-bond acceptors (Lipinski definition) is 8. The van der Waals surface area contributed by atoms with Crippen molar-refractivity contribution >= 4 is 32.4 Å². The van der Waals surface area contributed by atoms with E-state index in [2.05, 4.69) is 9.88 Å². The summed E-state index contributed by atoms with van der Waals surface area (Å²) >= 11 is 1.51. The summed E-state index contributed by atoms with van der Waals surface area (Å²) in [5.41, 5.74) is 0.261. The lowest BCUT2D eigenvalue weighted by Crippen LogP contribution is -2.39. The Morgan fingerprint density at radius 1 is 1.16 bits per heavy atom. The summed E-state index contributed by atoms with van der Waals surface area (Å²) in [6.45, 7) is 9.75. The van der Waals surface area contributed by atoms with Crippen molar-refractivity contribution in [3.63, 3.8) is 0 Å². The van der Waals surface area contributed by atoms with Crippen molar-refractivity contribution in [1.29, 1.82) is 0 Å². The fraction of sp³-hybridized carbons (Fsp3) is 0.524. The van der Waals surface area contributed by atoms with Gasteiger partial charge in [0.25, 0.3) is 0 Å². The second-order valence-electron chi connectivity index (χ2n) is 8.14. The van der Waals surface area contributed by atoms with Crippen LogP contribution in [0.3, 0.4) is 0 Å². The maximum absolute atomic E-state index is 12.1. The summed E-state index contributed by atoms with van der Waals surface area (Å²) in [4.78, 5) is 20.7. The minimum Gasteiger partial charge on any atom is -0.487 e. The van der Waals surface area contributed by atoms with Crippen LogP contribution in [-0.4, -0.2) is 62.9 Å². The number of sulfone groups is 1. The highest BCUT2D eigenvalue weighted by atomic mass is 32.2. The number of carbonyl (C=O) groups excluding carboxylic acids is 1. The first-order valence-electron chi connectivity index (χ1n) is 9.95. The third-order valence-corrected chi connectivity index (χ3v) is 6.32. The molecule has 0 aliphatic heterocycles. The van der Waals surface area contributed by atoms with Gasteiger partial charge in [-0.05, 0) is 52.0 Å². The van der Waals surface area contributed by atoms with Crippen LogP contribution in [0.15, 0.2) is 34.5 Å². The van der Waals surface area contributed by atoms with Gasteiger partial charge in [0.2, 0.25) is 0 Å². The highest BCUT2D eigenvalue weighted by molar-refractivity contribution is 7.90. The Bertz CT molecular complexity index is 966. The van der Waals surface area contributed by atoms with Gasteiger partial charge in [-0.1, -0.05) is 0 Å². The number of carbonyl (C=O) groups is 1. The first kappa shape index (κ1) is 24.9. The second kappa shape index (κ2) is 10.3. The number of benzene rings is 1. The lowest BCUT2D eigenvalue weighted by atomic mass is 10.2. The van der Waals surface area contributed by atoms with Crippen LogP contribution in [-0.2, 0) is 21.2 Å². The summed E-state index contributed by atoms with van der Waals surface area (Å²) < 4.78 is 34.2. The SMILES string of the molecule is CCN(CCN(C)C(=O)OC(C)(C)C)c1nc(COc2ccc(S(C)(=O)=O)cc2)cs1. The minimum absolute atomic E-state index is 0.255. The topological polar surface area (TPSA) is 89.0 Å². The maximum atomic E-state index is 12.1. The third kappa shape index (κ3) is 8.02. The number of hydrogen-bond donors (Lipinski definition) is 0. The number of ether oxygens (including phenoxy) is 2. The molecule has 2 aromatic rings. The van der Waals surface area contributed by atoms with E-state index in [1.54, 1.807) is 24.1 Å². The van der Waals surface area contributed by atoms with Crippen molar-refractivity contribution in [2.24, 2.45) is 0 Å². The number of rotatable bonds is 9. The Labute approximate surface area is 188 Å². The molecule has 172 valence electrons. The molecule has 8 nitrogen and oxygen atoms in total. The molecule has 0 saturated carbocycles. The third-order valence-electron chi connectivity index (χ3n) is 4.24. The zero-order valence-corrected chi connectivity index (χ0v) is 20.5. The van der Waals surface area contributed by atoms with E-state index in [1.807, 2.05) is 33.1 Å². The van der Waals surface area contributed by atoms with Gasteiger partial charge in [-0.3, -0.25) is 0 Å². The Balaban J connectivity index is 1.90. The molecule has 1 amide bonds. The fourth-order valence-electron chi connectivity index (χ4n) is 2.54. The van der Waals surface area contributed by atoms with Crippen molar-refractivity contribution in [2.75, 3.05) is 37.8 Å². The van der Waals surface area contributed by atoms with Gasteiger partial charge in [0.15, 0.2) is 15.0 Å². The molecule has 0 aliphatic rings. The van der Waals surface area contributed by atoms with Crippen LogP contribution in [0.5, 0.6) is 5.75 Å². The molecule has 0 bridgehead atoms. The Morgan fingerprint density at radius 2 is 1.81 bits per heavy atom. The summed E-state index contributed by atoms with van der Waals surface area (Å²) in [7, 11) is -1.51. The van der Waals surface area contributed by atoms with Crippen LogP contribution in [0, 0.1) is 0 Å². The predicted octanol–water partition coefficient (Wildman–Crippen LogP) is 3.82. The number of anilines is 1. The van der Waals surface area contributed by atoms with Gasteiger partial charge in [-0.25, -0.2) is 18.2 Å². The molecule has 0 atom stereocenters. The molecular weight excluding hydrogens is 438 g/mol. The van der Waals surface area contributed by atoms with Crippen LogP contribution in [0.25, 0.3) is 0 Å². The van der Waals surface area contributed by atoms with Gasteiger partial charge in [0.05, 0.1) is 10.6 Å². The van der Waals surface area contributed by atoms with Crippen LogP contribution in [0.4, 0.5) is 9.93 Å². The largest absolute Gasteiger partial charge is 0.487 e. The first-order valence-corrected chi connectivity index (χ1v) is 12.7. The first-order chi connectivity index (χ1) is 14.4. The molecule has 0 radical (unpaired) electrons. The molecule has 2 rings (SSSR count). The second-order valence-corrected chi connectivity index (χ2v) is 11.0. The highest BCUT2D eigenvalue weighted by Crippen LogP contribution is 2.22. The summed E-state index contributed by atoms with van der Waals surface area (Å²) in [6.07, 6.45) is 0.823. The van der Waals surface area contributed by atoms with E-state index < -0.39 is 15.4 Å². The molecule has 1 heterocycles. The summed E-state index contributed by atoms with van der Waals surface area (Å²) in [5.74, 6) is 0.577. The van der Waals surface area contributed by atoms with Gasteiger partial charge < -0.3 is 19.3 Å². The molecule has 0 aliphatic carbocycles. The number of amides is 1. The Hall–Kier alpha value is -2.33. The quantitative estimate of drug-likeness (QED) is 0.551. The van der Waals surface area contributed by atoms with E-state index in [4.69, 9.17) is 9.47 Å². The molecule has 31 heavy (non-hydrogen) atoms. The molecule has 0 saturated heterocycles. The van der Waals surface area contributed by atoms with Crippen molar-refractivity contribution in [1.82, 2.24) is 9.88 Å². The van der Waals surface area contributed by atoms with Crippen LogP contribution in [0.1, 0.15) is 33.4 Å². The van der Waals surface area contributed by atoms with Crippen LogP contribution >= 0.6 is 11.3 Å². The Morgan fingerprint density at radius 3 is 2.35 bits per heavy atom. The summed E-state index contributed by atoms with van der Waals surface area (Å²) in [6, 6.07) is 6.32. The highest BCUT2D eigenvalue weighted by Gasteiger charge is 2.20. The zero-order valence-electron chi connectivity index (χ0n) is 18.9. The van der Waals surface area contributed by atoms with E-state index in [0.29, 0.717) is 18.8 Å². The molecule has 0 spiro atoms.